The Kier molecular flexibility index (Phi) is 5.04. The number of aryl methyl sites for hydroxylation is 2. The Balaban J connectivity index is 3.75. The molecule has 0 aromatic heterocycles. The average Bonchev–Trinajstić information content (AvgIpc) is 2.42. The molecular formula is C14H13F9. The van der Waals surface area contributed by atoms with E-state index in [1.165, 1.54) is 19.9 Å². The topological polar surface area (TPSA) is 0 Å². The van der Waals surface area contributed by atoms with Gasteiger partial charge in [0.2, 0.25) is 0 Å². The molecule has 1 unspecified atom stereocenters. The second-order valence-corrected chi connectivity index (χ2v) is 4.97. The van der Waals surface area contributed by atoms with Gasteiger partial charge in [0.15, 0.2) is 0 Å². The van der Waals surface area contributed by atoms with E-state index < -0.39 is 29.5 Å². The standard InChI is InChI=1S/C14H13F9/c1-3-8-5-9(4-2)7-10(6-8)11(15,13(18,19)20)12(16,17)14(21,22)23/h5-7H,3-4H2,1-2H3. The molecule has 0 amide bonds. The minimum absolute atomic E-state index is 0.0311. The van der Waals surface area contributed by atoms with E-state index in [0.29, 0.717) is 12.1 Å². The molecule has 0 fully saturated rings. The smallest absolute Gasteiger partial charge is 0.221 e. The maximum Gasteiger partial charge on any atom is 0.457 e. The van der Waals surface area contributed by atoms with Crippen LogP contribution in [0.5, 0.6) is 0 Å². The zero-order valence-corrected chi connectivity index (χ0v) is 12.0. The van der Waals surface area contributed by atoms with Gasteiger partial charge in [0.25, 0.3) is 0 Å². The van der Waals surface area contributed by atoms with Crippen molar-refractivity contribution >= 4 is 0 Å². The van der Waals surface area contributed by atoms with Crippen molar-refractivity contribution in [1.29, 1.82) is 0 Å². The third-order valence-electron chi connectivity index (χ3n) is 3.45. The summed E-state index contributed by atoms with van der Waals surface area (Å²) < 4.78 is 117. The normalized spacial score (nSPS) is 16.3. The minimum atomic E-state index is -6.70. The Morgan fingerprint density at radius 3 is 1.30 bits per heavy atom. The highest BCUT2D eigenvalue weighted by Gasteiger charge is 2.81. The van der Waals surface area contributed by atoms with Crippen molar-refractivity contribution < 1.29 is 39.5 Å². The number of hydrogen-bond acceptors (Lipinski definition) is 0. The van der Waals surface area contributed by atoms with Gasteiger partial charge in [-0.15, -0.1) is 0 Å². The number of halogens is 9. The summed E-state index contributed by atoms with van der Waals surface area (Å²) >= 11 is 0. The summed E-state index contributed by atoms with van der Waals surface area (Å²) in [4.78, 5) is 0. The Bertz CT molecular complexity index is 534. The lowest BCUT2D eigenvalue weighted by molar-refractivity contribution is -0.389. The number of hydrogen-bond donors (Lipinski definition) is 0. The van der Waals surface area contributed by atoms with Gasteiger partial charge < -0.3 is 0 Å². The van der Waals surface area contributed by atoms with Crippen molar-refractivity contribution in [2.24, 2.45) is 0 Å². The quantitative estimate of drug-likeness (QED) is 0.607. The van der Waals surface area contributed by atoms with Gasteiger partial charge in [0.1, 0.15) is 0 Å². The van der Waals surface area contributed by atoms with Crippen molar-refractivity contribution in [3.63, 3.8) is 0 Å². The molecule has 0 aliphatic rings. The predicted molar refractivity (Wildman–Crippen MR) is 65.0 cm³/mol. The number of alkyl halides is 9. The lowest BCUT2D eigenvalue weighted by Crippen LogP contribution is -2.59. The number of rotatable bonds is 4. The van der Waals surface area contributed by atoms with Gasteiger partial charge in [0.05, 0.1) is 0 Å². The van der Waals surface area contributed by atoms with E-state index in [4.69, 9.17) is 0 Å². The van der Waals surface area contributed by atoms with Crippen LogP contribution in [0.3, 0.4) is 0 Å². The van der Waals surface area contributed by atoms with Crippen LogP contribution in [0.25, 0.3) is 0 Å². The molecule has 0 spiro atoms. The molecular weight excluding hydrogens is 339 g/mol. The molecule has 132 valence electrons. The van der Waals surface area contributed by atoms with E-state index >= 15 is 0 Å². The average molecular weight is 352 g/mol. The molecule has 9 heteroatoms. The van der Waals surface area contributed by atoms with Crippen molar-refractivity contribution in [2.75, 3.05) is 0 Å². The van der Waals surface area contributed by atoms with Crippen LogP contribution in [0.15, 0.2) is 18.2 Å². The summed E-state index contributed by atoms with van der Waals surface area (Å²) in [7, 11) is 0. The summed E-state index contributed by atoms with van der Waals surface area (Å²) in [5.74, 6) is -6.63. The van der Waals surface area contributed by atoms with Crippen LogP contribution < -0.4 is 0 Å². The van der Waals surface area contributed by atoms with Crippen molar-refractivity contribution in [2.45, 2.75) is 50.6 Å². The van der Waals surface area contributed by atoms with Crippen molar-refractivity contribution in [1.82, 2.24) is 0 Å². The lowest BCUT2D eigenvalue weighted by Gasteiger charge is -2.36. The van der Waals surface area contributed by atoms with Crippen LogP contribution in [0, 0.1) is 0 Å². The van der Waals surface area contributed by atoms with E-state index in [-0.39, 0.29) is 24.0 Å². The highest BCUT2D eigenvalue weighted by Crippen LogP contribution is 2.58. The fraction of sp³-hybridized carbons (Fsp3) is 0.571. The summed E-state index contributed by atoms with van der Waals surface area (Å²) in [6, 6.07) is 2.12. The largest absolute Gasteiger partial charge is 0.457 e. The van der Waals surface area contributed by atoms with E-state index in [9.17, 15) is 39.5 Å². The fourth-order valence-corrected chi connectivity index (χ4v) is 2.09. The van der Waals surface area contributed by atoms with Crippen LogP contribution in [-0.2, 0) is 18.5 Å². The highest BCUT2D eigenvalue weighted by molar-refractivity contribution is 5.37. The Labute approximate surface area is 126 Å². The van der Waals surface area contributed by atoms with Crippen LogP contribution in [0.2, 0.25) is 0 Å². The Hall–Kier alpha value is -1.41. The third-order valence-corrected chi connectivity index (χ3v) is 3.45. The van der Waals surface area contributed by atoms with Crippen molar-refractivity contribution in [3.05, 3.63) is 34.9 Å². The molecule has 0 radical (unpaired) electrons. The first-order valence-electron chi connectivity index (χ1n) is 6.55. The third kappa shape index (κ3) is 3.14. The first-order chi connectivity index (χ1) is 10.2. The van der Waals surface area contributed by atoms with E-state index in [1.54, 1.807) is 0 Å². The molecule has 0 aliphatic heterocycles. The fourth-order valence-electron chi connectivity index (χ4n) is 2.09. The molecule has 0 aliphatic carbocycles. The maximum atomic E-state index is 14.3. The van der Waals surface area contributed by atoms with Gasteiger partial charge in [-0.2, -0.15) is 35.1 Å². The van der Waals surface area contributed by atoms with Crippen LogP contribution in [0.4, 0.5) is 39.5 Å². The lowest BCUT2D eigenvalue weighted by atomic mass is 9.85. The van der Waals surface area contributed by atoms with Crippen LogP contribution >= 0.6 is 0 Å². The van der Waals surface area contributed by atoms with Gasteiger partial charge in [-0.05, 0) is 24.0 Å². The second-order valence-electron chi connectivity index (χ2n) is 4.97. The zero-order valence-electron chi connectivity index (χ0n) is 12.0. The zero-order chi connectivity index (χ0) is 18.3. The van der Waals surface area contributed by atoms with E-state index in [1.807, 2.05) is 0 Å². The van der Waals surface area contributed by atoms with E-state index in [0.717, 1.165) is 0 Å². The summed E-state index contributed by atoms with van der Waals surface area (Å²) in [5, 5.41) is 0. The molecule has 23 heavy (non-hydrogen) atoms. The van der Waals surface area contributed by atoms with Crippen molar-refractivity contribution in [3.8, 4) is 0 Å². The summed E-state index contributed by atoms with van der Waals surface area (Å²) in [6.45, 7) is 2.90. The molecule has 1 rings (SSSR count). The molecule has 0 heterocycles. The van der Waals surface area contributed by atoms with Crippen LogP contribution in [-0.4, -0.2) is 18.3 Å². The molecule has 0 saturated carbocycles. The summed E-state index contributed by atoms with van der Waals surface area (Å²) in [6.07, 6.45) is -13.1. The minimum Gasteiger partial charge on any atom is -0.221 e. The molecule has 0 saturated heterocycles. The second kappa shape index (κ2) is 5.90. The molecule has 1 aromatic rings. The first-order valence-corrected chi connectivity index (χ1v) is 6.55. The van der Waals surface area contributed by atoms with E-state index in [2.05, 4.69) is 0 Å². The monoisotopic (exact) mass is 352 g/mol. The molecule has 1 atom stereocenters. The Morgan fingerprint density at radius 2 is 1.04 bits per heavy atom. The molecule has 0 nitrogen and oxygen atoms in total. The predicted octanol–water partition coefficient (Wildman–Crippen LogP) is 5.74. The van der Waals surface area contributed by atoms with Gasteiger partial charge in [-0.3, -0.25) is 0 Å². The van der Waals surface area contributed by atoms with Gasteiger partial charge >= 0.3 is 23.9 Å². The Morgan fingerprint density at radius 1 is 0.652 bits per heavy atom. The van der Waals surface area contributed by atoms with Gasteiger partial charge in [0, 0.05) is 5.56 Å². The molecule has 1 aromatic carbocycles. The van der Waals surface area contributed by atoms with Gasteiger partial charge in [-0.25, -0.2) is 4.39 Å². The van der Waals surface area contributed by atoms with Gasteiger partial charge in [-0.1, -0.05) is 32.0 Å². The van der Waals surface area contributed by atoms with Crippen LogP contribution in [0.1, 0.15) is 30.5 Å². The highest BCUT2D eigenvalue weighted by atomic mass is 19.4. The SMILES string of the molecule is CCc1cc(CC)cc(C(F)(C(F)(F)F)C(F)(F)C(F)(F)F)c1. The maximum absolute atomic E-state index is 14.3. The molecule has 0 N–H and O–H groups in total. The molecule has 0 bridgehead atoms. The number of benzene rings is 1. The first kappa shape index (κ1) is 19.6. The summed E-state index contributed by atoms with van der Waals surface area (Å²) in [5.41, 5.74) is -7.55.